The van der Waals surface area contributed by atoms with E-state index in [1.165, 1.54) is 0 Å². The molecule has 0 amide bonds. The zero-order valence-electron chi connectivity index (χ0n) is 10.8. The maximum Gasteiger partial charge on any atom is 0.194 e. The van der Waals surface area contributed by atoms with Gasteiger partial charge in [-0.15, -0.1) is 0 Å². The van der Waals surface area contributed by atoms with Gasteiger partial charge in [0.2, 0.25) is 0 Å². The number of ketones is 1. The Morgan fingerprint density at radius 1 is 1.11 bits per heavy atom. The van der Waals surface area contributed by atoms with Crippen LogP contribution in [0.3, 0.4) is 0 Å². The Morgan fingerprint density at radius 2 is 1.89 bits per heavy atom. The molecular weight excluding hydrogens is 242 g/mol. The van der Waals surface area contributed by atoms with Crippen LogP contribution in [0.4, 0.5) is 0 Å². The standard InChI is InChI=1S/C15H17NO3/c17-15-12(11-16-6-9-18-10-7-16)5-8-19-14-4-2-1-3-13(14)15/h1-4,11H,5-10H2/b12-11-. The molecule has 0 atom stereocenters. The molecular formula is C15H17NO3. The molecule has 4 nitrogen and oxygen atoms in total. The minimum absolute atomic E-state index is 0.0830. The number of morpholine rings is 1. The van der Waals surface area contributed by atoms with Gasteiger partial charge in [0.1, 0.15) is 5.75 Å². The number of rotatable bonds is 1. The van der Waals surface area contributed by atoms with Gasteiger partial charge in [0.05, 0.1) is 25.4 Å². The zero-order chi connectivity index (χ0) is 13.1. The Bertz CT molecular complexity index is 504. The van der Waals surface area contributed by atoms with Gasteiger partial charge < -0.3 is 14.4 Å². The van der Waals surface area contributed by atoms with E-state index in [-0.39, 0.29) is 5.78 Å². The van der Waals surface area contributed by atoms with Gasteiger partial charge in [-0.1, -0.05) is 12.1 Å². The van der Waals surface area contributed by atoms with Crippen molar-refractivity contribution in [2.75, 3.05) is 32.9 Å². The number of carbonyl (C=O) groups excluding carboxylic acids is 1. The fraction of sp³-hybridized carbons (Fsp3) is 0.400. The first-order chi connectivity index (χ1) is 9.34. The lowest BCUT2D eigenvalue weighted by molar-refractivity contribution is 0.0586. The minimum Gasteiger partial charge on any atom is -0.492 e. The van der Waals surface area contributed by atoms with Crippen LogP contribution in [0.5, 0.6) is 5.75 Å². The maximum absolute atomic E-state index is 12.5. The molecule has 2 heterocycles. The highest BCUT2D eigenvalue weighted by Gasteiger charge is 2.21. The molecule has 4 heteroatoms. The lowest BCUT2D eigenvalue weighted by Gasteiger charge is -2.26. The molecule has 0 aromatic heterocycles. The average molecular weight is 259 g/mol. The highest BCUT2D eigenvalue weighted by atomic mass is 16.5. The topological polar surface area (TPSA) is 38.8 Å². The van der Waals surface area contributed by atoms with E-state index in [0.29, 0.717) is 24.3 Å². The molecule has 3 rings (SSSR count). The summed E-state index contributed by atoms with van der Waals surface area (Å²) in [4.78, 5) is 14.7. The van der Waals surface area contributed by atoms with Gasteiger partial charge in [-0.3, -0.25) is 4.79 Å². The van der Waals surface area contributed by atoms with Gasteiger partial charge in [0, 0.05) is 31.3 Å². The minimum atomic E-state index is 0.0830. The van der Waals surface area contributed by atoms with E-state index in [1.54, 1.807) is 0 Å². The Hall–Kier alpha value is -1.81. The molecule has 0 N–H and O–H groups in total. The third-order valence-electron chi connectivity index (χ3n) is 3.44. The summed E-state index contributed by atoms with van der Waals surface area (Å²) >= 11 is 0. The van der Waals surface area contributed by atoms with Gasteiger partial charge in [-0.2, -0.15) is 0 Å². The maximum atomic E-state index is 12.5. The van der Waals surface area contributed by atoms with Crippen LogP contribution in [0.1, 0.15) is 16.8 Å². The first-order valence-electron chi connectivity index (χ1n) is 6.63. The molecule has 0 spiro atoms. The van der Waals surface area contributed by atoms with Crippen LogP contribution in [0.25, 0.3) is 0 Å². The predicted octanol–water partition coefficient (Wildman–Crippen LogP) is 1.87. The largest absolute Gasteiger partial charge is 0.492 e. The van der Waals surface area contributed by atoms with Gasteiger partial charge in [-0.25, -0.2) is 0 Å². The number of nitrogens with zero attached hydrogens (tertiary/aromatic N) is 1. The van der Waals surface area contributed by atoms with E-state index in [0.717, 1.165) is 31.9 Å². The third kappa shape index (κ3) is 2.63. The Kier molecular flexibility index (Phi) is 3.51. The van der Waals surface area contributed by atoms with Crippen LogP contribution < -0.4 is 4.74 Å². The summed E-state index contributed by atoms with van der Waals surface area (Å²) in [6.07, 6.45) is 2.64. The lowest BCUT2D eigenvalue weighted by Crippen LogP contribution is -2.32. The first kappa shape index (κ1) is 12.2. The summed E-state index contributed by atoms with van der Waals surface area (Å²) in [5, 5.41) is 0. The van der Waals surface area contributed by atoms with Crippen molar-refractivity contribution in [3.05, 3.63) is 41.6 Å². The second-order valence-electron chi connectivity index (χ2n) is 4.73. The molecule has 0 unspecified atom stereocenters. The monoisotopic (exact) mass is 259 g/mol. The van der Waals surface area contributed by atoms with Gasteiger partial charge in [-0.05, 0) is 12.1 Å². The van der Waals surface area contributed by atoms with Crippen molar-refractivity contribution in [3.8, 4) is 5.75 Å². The molecule has 2 aliphatic rings. The van der Waals surface area contributed by atoms with Crippen LogP contribution >= 0.6 is 0 Å². The van der Waals surface area contributed by atoms with E-state index in [4.69, 9.17) is 9.47 Å². The van der Waals surface area contributed by atoms with Crippen molar-refractivity contribution < 1.29 is 14.3 Å². The van der Waals surface area contributed by atoms with Crippen molar-refractivity contribution in [2.45, 2.75) is 6.42 Å². The predicted molar refractivity (Wildman–Crippen MR) is 71.4 cm³/mol. The lowest BCUT2D eigenvalue weighted by atomic mass is 10.0. The quantitative estimate of drug-likeness (QED) is 0.722. The molecule has 1 aromatic rings. The van der Waals surface area contributed by atoms with E-state index in [1.807, 2.05) is 30.5 Å². The summed E-state index contributed by atoms with van der Waals surface area (Å²) in [5.74, 6) is 0.775. The molecule has 1 saturated heterocycles. The first-order valence-corrected chi connectivity index (χ1v) is 6.63. The summed E-state index contributed by atoms with van der Waals surface area (Å²) in [6.45, 7) is 3.70. The van der Waals surface area contributed by atoms with Crippen molar-refractivity contribution in [1.29, 1.82) is 0 Å². The fourth-order valence-corrected chi connectivity index (χ4v) is 2.39. The number of para-hydroxylation sites is 1. The van der Waals surface area contributed by atoms with E-state index in [9.17, 15) is 4.79 Å². The highest BCUT2D eigenvalue weighted by Crippen LogP contribution is 2.26. The van der Waals surface area contributed by atoms with Crippen LogP contribution in [-0.2, 0) is 4.74 Å². The summed E-state index contributed by atoms with van der Waals surface area (Å²) in [7, 11) is 0. The number of fused-ring (bicyclic) bond motifs is 1. The smallest absolute Gasteiger partial charge is 0.194 e. The molecule has 2 aliphatic heterocycles. The van der Waals surface area contributed by atoms with Crippen LogP contribution in [0.2, 0.25) is 0 Å². The normalized spacial score (nSPS) is 21.8. The van der Waals surface area contributed by atoms with Crippen LogP contribution in [-0.4, -0.2) is 43.6 Å². The zero-order valence-corrected chi connectivity index (χ0v) is 10.8. The van der Waals surface area contributed by atoms with Crippen molar-refractivity contribution in [1.82, 2.24) is 4.90 Å². The molecule has 0 bridgehead atoms. The Morgan fingerprint density at radius 3 is 2.74 bits per heavy atom. The number of hydrogen-bond donors (Lipinski definition) is 0. The van der Waals surface area contributed by atoms with Crippen molar-refractivity contribution in [3.63, 3.8) is 0 Å². The molecule has 0 radical (unpaired) electrons. The van der Waals surface area contributed by atoms with Crippen LogP contribution in [0.15, 0.2) is 36.0 Å². The number of Topliss-reactive ketones (excluding diaryl/α,β-unsaturated/α-hetero) is 1. The van der Waals surface area contributed by atoms with Crippen molar-refractivity contribution in [2.24, 2.45) is 0 Å². The van der Waals surface area contributed by atoms with Gasteiger partial charge in [0.25, 0.3) is 0 Å². The molecule has 0 aliphatic carbocycles. The number of hydrogen-bond acceptors (Lipinski definition) is 4. The summed E-state index contributed by atoms with van der Waals surface area (Å²) in [6, 6.07) is 7.45. The Labute approximate surface area is 112 Å². The third-order valence-corrected chi connectivity index (χ3v) is 3.44. The van der Waals surface area contributed by atoms with E-state index in [2.05, 4.69) is 4.90 Å². The average Bonchev–Trinajstić information content (AvgIpc) is 2.61. The van der Waals surface area contributed by atoms with Gasteiger partial charge in [0.15, 0.2) is 5.78 Å². The SMILES string of the molecule is O=C1/C(=C\N2CCOCC2)CCOc2ccccc21. The fourth-order valence-electron chi connectivity index (χ4n) is 2.39. The second kappa shape index (κ2) is 5.45. The van der Waals surface area contributed by atoms with E-state index >= 15 is 0 Å². The van der Waals surface area contributed by atoms with Crippen LogP contribution in [0, 0.1) is 0 Å². The molecule has 1 fully saturated rings. The highest BCUT2D eigenvalue weighted by molar-refractivity contribution is 6.10. The number of carbonyl (C=O) groups is 1. The molecule has 0 saturated carbocycles. The summed E-state index contributed by atoms with van der Waals surface area (Å²) in [5.41, 5.74) is 1.49. The molecule has 1 aromatic carbocycles. The molecule has 19 heavy (non-hydrogen) atoms. The Balaban J connectivity index is 1.86. The van der Waals surface area contributed by atoms with Gasteiger partial charge >= 0.3 is 0 Å². The number of ether oxygens (including phenoxy) is 2. The second-order valence-corrected chi connectivity index (χ2v) is 4.73. The summed E-state index contributed by atoms with van der Waals surface area (Å²) < 4.78 is 10.9. The van der Waals surface area contributed by atoms with E-state index < -0.39 is 0 Å². The number of benzene rings is 1. The molecule has 100 valence electrons. The van der Waals surface area contributed by atoms with Crippen molar-refractivity contribution >= 4 is 5.78 Å².